The summed E-state index contributed by atoms with van der Waals surface area (Å²) in [6.07, 6.45) is 2.44. The van der Waals surface area contributed by atoms with Crippen molar-refractivity contribution >= 4 is 17.3 Å². The maximum Gasteiger partial charge on any atom is 0.273 e. The number of anilines is 1. The summed E-state index contributed by atoms with van der Waals surface area (Å²) < 4.78 is 0. The second-order valence-electron chi connectivity index (χ2n) is 4.65. The molecule has 7 heteroatoms. The third-order valence-electron chi connectivity index (χ3n) is 3.36. The molecule has 4 N–H and O–H groups in total. The molecule has 102 valence electrons. The number of amides is 1. The fourth-order valence-electron chi connectivity index (χ4n) is 2.28. The first-order valence-electron chi connectivity index (χ1n) is 6.03. The normalized spacial score (nSPS) is 22.2. The molecule has 1 aromatic carbocycles. The highest BCUT2D eigenvalue weighted by molar-refractivity contribution is 5.94. The first-order chi connectivity index (χ1) is 8.99. The highest BCUT2D eigenvalue weighted by Crippen LogP contribution is 2.30. The molecule has 0 spiro atoms. The predicted octanol–water partition coefficient (Wildman–Crippen LogP) is 1.37. The summed E-state index contributed by atoms with van der Waals surface area (Å²) >= 11 is 0. The van der Waals surface area contributed by atoms with Gasteiger partial charge in [-0.15, -0.1) is 0 Å². The van der Waals surface area contributed by atoms with Crippen LogP contribution in [0.25, 0.3) is 0 Å². The van der Waals surface area contributed by atoms with E-state index in [9.17, 15) is 20.0 Å². The van der Waals surface area contributed by atoms with E-state index in [1.54, 1.807) is 0 Å². The number of hydrogen-bond donors (Lipinski definition) is 3. The molecule has 2 atom stereocenters. The minimum atomic E-state index is -0.613. The lowest BCUT2D eigenvalue weighted by Gasteiger charge is -2.15. The zero-order valence-corrected chi connectivity index (χ0v) is 10.2. The summed E-state index contributed by atoms with van der Waals surface area (Å²) in [5.41, 5.74) is 5.76. The molecular weight excluding hydrogens is 250 g/mol. The lowest BCUT2D eigenvalue weighted by Crippen LogP contribution is -2.34. The summed E-state index contributed by atoms with van der Waals surface area (Å²) in [7, 11) is 0. The number of benzene rings is 1. The van der Waals surface area contributed by atoms with E-state index < -0.39 is 4.92 Å². The maximum absolute atomic E-state index is 12.0. The largest absolute Gasteiger partial charge is 0.506 e. The van der Waals surface area contributed by atoms with Crippen LogP contribution in [0, 0.1) is 16.0 Å². The van der Waals surface area contributed by atoms with Crippen LogP contribution in [0.1, 0.15) is 19.3 Å². The van der Waals surface area contributed by atoms with Crippen LogP contribution in [0.15, 0.2) is 18.2 Å². The number of hydrogen-bond acceptors (Lipinski definition) is 5. The fraction of sp³-hybridized carbons (Fsp3) is 0.417. The number of phenolic OH excluding ortho intramolecular Hbond substituents is 1. The van der Waals surface area contributed by atoms with Gasteiger partial charge in [-0.2, -0.15) is 0 Å². The van der Waals surface area contributed by atoms with Gasteiger partial charge in [-0.1, -0.05) is 6.42 Å². The van der Waals surface area contributed by atoms with Crippen molar-refractivity contribution in [3.05, 3.63) is 28.3 Å². The molecular formula is C12H15N3O4. The van der Waals surface area contributed by atoms with E-state index in [1.165, 1.54) is 12.1 Å². The molecule has 0 aliphatic heterocycles. The Balaban J connectivity index is 2.11. The third kappa shape index (κ3) is 2.82. The molecule has 1 amide bonds. The molecule has 0 heterocycles. The number of nitro groups is 1. The first kappa shape index (κ1) is 13.3. The van der Waals surface area contributed by atoms with Gasteiger partial charge in [0.25, 0.3) is 5.69 Å². The number of rotatable bonds is 3. The van der Waals surface area contributed by atoms with E-state index in [4.69, 9.17) is 5.73 Å². The number of phenols is 1. The highest BCUT2D eigenvalue weighted by atomic mass is 16.6. The van der Waals surface area contributed by atoms with Gasteiger partial charge in [0.2, 0.25) is 5.91 Å². The molecule has 0 saturated heterocycles. The monoisotopic (exact) mass is 265 g/mol. The molecule has 7 nitrogen and oxygen atoms in total. The van der Waals surface area contributed by atoms with Crippen LogP contribution in [0.5, 0.6) is 5.75 Å². The average molecular weight is 265 g/mol. The van der Waals surface area contributed by atoms with E-state index in [0.29, 0.717) is 0 Å². The zero-order valence-electron chi connectivity index (χ0n) is 10.2. The van der Waals surface area contributed by atoms with Crippen molar-refractivity contribution in [1.29, 1.82) is 0 Å². The minimum Gasteiger partial charge on any atom is -0.506 e. The molecule has 1 saturated carbocycles. The van der Waals surface area contributed by atoms with Crippen molar-refractivity contribution in [2.75, 3.05) is 5.32 Å². The van der Waals surface area contributed by atoms with Crippen molar-refractivity contribution < 1.29 is 14.8 Å². The van der Waals surface area contributed by atoms with Gasteiger partial charge < -0.3 is 16.2 Å². The fourth-order valence-corrected chi connectivity index (χ4v) is 2.28. The quantitative estimate of drug-likeness (QED) is 0.433. The molecule has 0 aromatic heterocycles. The van der Waals surface area contributed by atoms with Crippen molar-refractivity contribution in [1.82, 2.24) is 0 Å². The van der Waals surface area contributed by atoms with Crippen molar-refractivity contribution in [3.63, 3.8) is 0 Å². The molecule has 2 unspecified atom stereocenters. The highest BCUT2D eigenvalue weighted by Gasteiger charge is 2.30. The average Bonchev–Trinajstić information content (AvgIpc) is 2.77. The maximum atomic E-state index is 12.0. The standard InChI is InChI=1S/C12H15N3O4/c13-9-3-1-2-8(9)12(17)14-10-5-4-7(15(18)19)6-11(10)16/h4-6,8-9,16H,1-3,13H2,(H,14,17). The van der Waals surface area contributed by atoms with Gasteiger partial charge in [-0.05, 0) is 18.9 Å². The van der Waals surface area contributed by atoms with E-state index in [2.05, 4.69) is 5.32 Å². The van der Waals surface area contributed by atoms with E-state index >= 15 is 0 Å². The van der Waals surface area contributed by atoms with Gasteiger partial charge in [-0.3, -0.25) is 14.9 Å². The zero-order chi connectivity index (χ0) is 14.0. The molecule has 0 bridgehead atoms. The Kier molecular flexibility index (Phi) is 3.66. The molecule has 1 fully saturated rings. The van der Waals surface area contributed by atoms with Crippen LogP contribution in [0.2, 0.25) is 0 Å². The van der Waals surface area contributed by atoms with E-state index in [-0.39, 0.29) is 35.0 Å². The minimum absolute atomic E-state index is 0.162. The van der Waals surface area contributed by atoms with Crippen LogP contribution < -0.4 is 11.1 Å². The summed E-state index contributed by atoms with van der Waals surface area (Å²) in [6.45, 7) is 0. The second-order valence-corrected chi connectivity index (χ2v) is 4.65. The lowest BCUT2D eigenvalue weighted by atomic mass is 10.0. The van der Waals surface area contributed by atoms with Gasteiger partial charge in [0.05, 0.1) is 22.6 Å². The van der Waals surface area contributed by atoms with Gasteiger partial charge in [-0.25, -0.2) is 0 Å². The van der Waals surface area contributed by atoms with Crippen LogP contribution in [0.4, 0.5) is 11.4 Å². The Morgan fingerprint density at radius 2 is 2.21 bits per heavy atom. The van der Waals surface area contributed by atoms with E-state index in [1.807, 2.05) is 0 Å². The molecule has 19 heavy (non-hydrogen) atoms. The Morgan fingerprint density at radius 1 is 1.47 bits per heavy atom. The number of nitrogens with zero attached hydrogens (tertiary/aromatic N) is 1. The molecule has 0 radical (unpaired) electrons. The number of carbonyl (C=O) groups is 1. The number of nitro benzene ring substituents is 1. The van der Waals surface area contributed by atoms with Crippen LogP contribution in [0.3, 0.4) is 0 Å². The van der Waals surface area contributed by atoms with Crippen LogP contribution >= 0.6 is 0 Å². The SMILES string of the molecule is NC1CCCC1C(=O)Nc1ccc([N+](=O)[O-])cc1O. The number of nitrogens with one attached hydrogen (secondary N) is 1. The summed E-state index contributed by atoms with van der Waals surface area (Å²) in [4.78, 5) is 21.9. The Bertz CT molecular complexity index is 518. The van der Waals surface area contributed by atoms with Crippen LogP contribution in [-0.2, 0) is 4.79 Å². The second kappa shape index (κ2) is 5.23. The Labute approximate surface area is 109 Å². The van der Waals surface area contributed by atoms with Crippen molar-refractivity contribution in [2.45, 2.75) is 25.3 Å². The molecule has 2 rings (SSSR count). The molecule has 1 aliphatic rings. The van der Waals surface area contributed by atoms with Gasteiger partial charge in [0.1, 0.15) is 5.75 Å². The van der Waals surface area contributed by atoms with Crippen molar-refractivity contribution in [3.8, 4) is 5.75 Å². The van der Waals surface area contributed by atoms with Crippen LogP contribution in [-0.4, -0.2) is 22.0 Å². The Morgan fingerprint density at radius 3 is 2.74 bits per heavy atom. The topological polar surface area (TPSA) is 118 Å². The third-order valence-corrected chi connectivity index (χ3v) is 3.36. The Hall–Kier alpha value is -2.15. The number of carbonyl (C=O) groups excluding carboxylic acids is 1. The number of non-ortho nitro benzene ring substituents is 1. The summed E-state index contributed by atoms with van der Waals surface area (Å²) in [5.74, 6) is -0.849. The van der Waals surface area contributed by atoms with Gasteiger partial charge >= 0.3 is 0 Å². The van der Waals surface area contributed by atoms with E-state index in [0.717, 1.165) is 25.3 Å². The van der Waals surface area contributed by atoms with Gasteiger partial charge in [0.15, 0.2) is 0 Å². The number of aromatic hydroxyl groups is 1. The molecule has 1 aliphatic carbocycles. The van der Waals surface area contributed by atoms with Gasteiger partial charge in [0, 0.05) is 12.1 Å². The summed E-state index contributed by atoms with van der Waals surface area (Å²) in [6, 6.07) is 3.38. The predicted molar refractivity (Wildman–Crippen MR) is 68.7 cm³/mol. The summed E-state index contributed by atoms with van der Waals surface area (Å²) in [5, 5.41) is 22.7. The first-order valence-corrected chi connectivity index (χ1v) is 6.03. The smallest absolute Gasteiger partial charge is 0.273 e. The molecule has 1 aromatic rings. The van der Waals surface area contributed by atoms with Crippen molar-refractivity contribution in [2.24, 2.45) is 11.7 Å². The lowest BCUT2D eigenvalue weighted by molar-refractivity contribution is -0.384. The number of nitrogens with two attached hydrogens (primary N) is 1.